The molecular weight excluding hydrogens is 249 g/mol. The van der Waals surface area contributed by atoms with Gasteiger partial charge in [0.15, 0.2) is 0 Å². The molecule has 0 saturated heterocycles. The lowest BCUT2D eigenvalue weighted by molar-refractivity contribution is -0.137. The van der Waals surface area contributed by atoms with Crippen LogP contribution in [0.15, 0.2) is 35.8 Å². The molecule has 1 aromatic heterocycles. The summed E-state index contributed by atoms with van der Waals surface area (Å²) in [4.78, 5) is 4.00. The number of hydrogen-bond acceptors (Lipinski definition) is 3. The van der Waals surface area contributed by atoms with E-state index >= 15 is 0 Å². The SMILES string of the molecule is NC(c1cccc(C(F)(F)F)c1)c1nccs1. The Hall–Kier alpha value is -1.40. The molecule has 0 aliphatic carbocycles. The zero-order valence-electron chi connectivity index (χ0n) is 8.61. The number of halogens is 3. The lowest BCUT2D eigenvalue weighted by Crippen LogP contribution is -2.13. The van der Waals surface area contributed by atoms with Crippen LogP contribution >= 0.6 is 11.3 Å². The third kappa shape index (κ3) is 2.65. The van der Waals surface area contributed by atoms with Crippen molar-refractivity contribution in [2.24, 2.45) is 5.73 Å². The number of thiazole rings is 1. The monoisotopic (exact) mass is 258 g/mol. The minimum Gasteiger partial charge on any atom is -0.318 e. The number of nitrogens with zero attached hydrogens (tertiary/aromatic N) is 1. The number of alkyl halides is 3. The second-order valence-electron chi connectivity index (χ2n) is 3.47. The van der Waals surface area contributed by atoms with E-state index in [4.69, 9.17) is 5.73 Å². The Bertz CT molecular complexity index is 494. The molecular formula is C11H9F3N2S. The average Bonchev–Trinajstić information content (AvgIpc) is 2.80. The van der Waals surface area contributed by atoms with E-state index in [1.165, 1.54) is 17.4 Å². The van der Waals surface area contributed by atoms with Crippen LogP contribution in [-0.4, -0.2) is 4.98 Å². The maximum atomic E-state index is 12.5. The first-order valence-corrected chi connectivity index (χ1v) is 5.68. The molecule has 0 saturated carbocycles. The van der Waals surface area contributed by atoms with Crippen molar-refractivity contribution in [2.75, 3.05) is 0 Å². The van der Waals surface area contributed by atoms with Crippen LogP contribution < -0.4 is 5.73 Å². The van der Waals surface area contributed by atoms with E-state index < -0.39 is 17.8 Å². The van der Waals surface area contributed by atoms with Gasteiger partial charge in [-0.05, 0) is 17.7 Å². The van der Waals surface area contributed by atoms with Gasteiger partial charge in [-0.25, -0.2) is 4.98 Å². The molecule has 1 unspecified atom stereocenters. The van der Waals surface area contributed by atoms with Crippen LogP contribution in [0, 0.1) is 0 Å². The summed E-state index contributed by atoms with van der Waals surface area (Å²) >= 11 is 1.32. The molecule has 0 amide bonds. The number of hydrogen-bond donors (Lipinski definition) is 1. The molecule has 2 nitrogen and oxygen atoms in total. The fraction of sp³-hybridized carbons (Fsp3) is 0.182. The zero-order chi connectivity index (χ0) is 12.5. The summed E-state index contributed by atoms with van der Waals surface area (Å²) in [5.74, 6) is 0. The molecule has 0 aliphatic heterocycles. The second-order valence-corrected chi connectivity index (χ2v) is 4.40. The highest BCUT2D eigenvalue weighted by Crippen LogP contribution is 2.31. The quantitative estimate of drug-likeness (QED) is 0.898. The van der Waals surface area contributed by atoms with Crippen molar-refractivity contribution < 1.29 is 13.2 Å². The summed E-state index contributed by atoms with van der Waals surface area (Å²) in [5.41, 5.74) is 5.57. The molecule has 2 N–H and O–H groups in total. The molecule has 2 rings (SSSR count). The Labute approximate surface area is 99.9 Å². The largest absolute Gasteiger partial charge is 0.416 e. The van der Waals surface area contributed by atoms with Crippen molar-refractivity contribution in [3.05, 3.63) is 52.0 Å². The first-order chi connectivity index (χ1) is 7.98. The zero-order valence-corrected chi connectivity index (χ0v) is 9.42. The summed E-state index contributed by atoms with van der Waals surface area (Å²) in [6, 6.07) is 4.40. The summed E-state index contributed by atoms with van der Waals surface area (Å²) in [5, 5.41) is 2.34. The van der Waals surface area contributed by atoms with E-state index in [9.17, 15) is 13.2 Å². The molecule has 0 radical (unpaired) electrons. The maximum absolute atomic E-state index is 12.5. The standard InChI is InChI=1S/C11H9F3N2S/c12-11(13,14)8-3-1-2-7(6-8)9(15)10-16-4-5-17-10/h1-6,9H,15H2. The first kappa shape index (κ1) is 12.1. The molecule has 1 aromatic carbocycles. The molecule has 17 heavy (non-hydrogen) atoms. The molecule has 0 fully saturated rings. The molecule has 1 heterocycles. The van der Waals surface area contributed by atoms with Crippen LogP contribution in [0.4, 0.5) is 13.2 Å². The number of rotatable bonds is 2. The van der Waals surface area contributed by atoms with Crippen molar-refractivity contribution in [1.29, 1.82) is 0 Å². The molecule has 6 heteroatoms. The van der Waals surface area contributed by atoms with E-state index in [0.29, 0.717) is 10.6 Å². The third-order valence-corrected chi connectivity index (χ3v) is 3.15. The predicted octanol–water partition coefficient (Wildman–Crippen LogP) is 3.21. The fourth-order valence-corrected chi connectivity index (χ4v) is 2.10. The maximum Gasteiger partial charge on any atom is 0.416 e. The normalized spacial score (nSPS) is 13.6. The molecule has 90 valence electrons. The Morgan fingerprint density at radius 1 is 1.29 bits per heavy atom. The van der Waals surface area contributed by atoms with Gasteiger partial charge >= 0.3 is 6.18 Å². The highest BCUT2D eigenvalue weighted by Gasteiger charge is 2.30. The molecule has 0 aliphatic rings. The van der Waals surface area contributed by atoms with E-state index in [1.54, 1.807) is 17.6 Å². The third-order valence-electron chi connectivity index (χ3n) is 2.29. The van der Waals surface area contributed by atoms with Gasteiger partial charge in [0.2, 0.25) is 0 Å². The van der Waals surface area contributed by atoms with Gasteiger partial charge in [0.1, 0.15) is 5.01 Å². The van der Waals surface area contributed by atoms with Gasteiger partial charge in [-0.2, -0.15) is 13.2 Å². The topological polar surface area (TPSA) is 38.9 Å². The van der Waals surface area contributed by atoms with Gasteiger partial charge in [0, 0.05) is 11.6 Å². The van der Waals surface area contributed by atoms with Crippen molar-refractivity contribution in [2.45, 2.75) is 12.2 Å². The van der Waals surface area contributed by atoms with E-state index in [1.807, 2.05) is 0 Å². The molecule has 2 aromatic rings. The van der Waals surface area contributed by atoms with Crippen LogP contribution in [0.1, 0.15) is 22.2 Å². The number of nitrogens with two attached hydrogens (primary N) is 1. The van der Waals surface area contributed by atoms with Crippen LogP contribution in [-0.2, 0) is 6.18 Å². The molecule has 0 bridgehead atoms. The Kier molecular flexibility index (Phi) is 3.17. The van der Waals surface area contributed by atoms with E-state index in [-0.39, 0.29) is 0 Å². The van der Waals surface area contributed by atoms with E-state index in [2.05, 4.69) is 4.98 Å². The minimum absolute atomic E-state index is 0.412. The minimum atomic E-state index is -4.35. The second kappa shape index (κ2) is 4.46. The van der Waals surface area contributed by atoms with Gasteiger partial charge in [0.05, 0.1) is 11.6 Å². The lowest BCUT2D eigenvalue weighted by Gasteiger charge is -2.12. The Morgan fingerprint density at radius 2 is 2.06 bits per heavy atom. The summed E-state index contributed by atoms with van der Waals surface area (Å²) in [6.07, 6.45) is -2.77. The van der Waals surface area contributed by atoms with Gasteiger partial charge in [0.25, 0.3) is 0 Å². The van der Waals surface area contributed by atoms with Crippen LogP contribution in [0.25, 0.3) is 0 Å². The van der Waals surface area contributed by atoms with Gasteiger partial charge < -0.3 is 5.73 Å². The fourth-order valence-electron chi connectivity index (χ4n) is 1.44. The first-order valence-electron chi connectivity index (χ1n) is 4.80. The molecule has 0 spiro atoms. The summed E-state index contributed by atoms with van der Waals surface area (Å²) < 4.78 is 37.6. The van der Waals surface area contributed by atoms with Crippen molar-refractivity contribution in [1.82, 2.24) is 4.98 Å². The lowest BCUT2D eigenvalue weighted by atomic mass is 10.0. The van der Waals surface area contributed by atoms with Crippen molar-refractivity contribution >= 4 is 11.3 Å². The van der Waals surface area contributed by atoms with Gasteiger partial charge in [-0.1, -0.05) is 12.1 Å². The highest BCUT2D eigenvalue weighted by molar-refractivity contribution is 7.09. The summed E-state index contributed by atoms with van der Waals surface area (Å²) in [6.45, 7) is 0. The predicted molar refractivity (Wildman–Crippen MR) is 59.6 cm³/mol. The summed E-state index contributed by atoms with van der Waals surface area (Å²) in [7, 11) is 0. The van der Waals surface area contributed by atoms with E-state index in [0.717, 1.165) is 12.1 Å². The molecule has 1 atom stereocenters. The van der Waals surface area contributed by atoms with Crippen LogP contribution in [0.2, 0.25) is 0 Å². The van der Waals surface area contributed by atoms with Crippen LogP contribution in [0.3, 0.4) is 0 Å². The van der Waals surface area contributed by atoms with Gasteiger partial charge in [-0.15, -0.1) is 11.3 Å². The smallest absolute Gasteiger partial charge is 0.318 e. The number of benzene rings is 1. The Balaban J connectivity index is 2.34. The average molecular weight is 258 g/mol. The van der Waals surface area contributed by atoms with Crippen molar-refractivity contribution in [3.8, 4) is 0 Å². The Morgan fingerprint density at radius 3 is 2.65 bits per heavy atom. The van der Waals surface area contributed by atoms with Crippen LogP contribution in [0.5, 0.6) is 0 Å². The van der Waals surface area contributed by atoms with Crippen molar-refractivity contribution in [3.63, 3.8) is 0 Å². The number of aromatic nitrogens is 1. The van der Waals surface area contributed by atoms with Gasteiger partial charge in [-0.3, -0.25) is 0 Å². The highest BCUT2D eigenvalue weighted by atomic mass is 32.1.